The molecular weight excluding hydrogens is 871 g/mol. The van der Waals surface area contributed by atoms with E-state index in [2.05, 4.69) is 30.6 Å². The van der Waals surface area contributed by atoms with E-state index < -0.39 is 117 Å². The summed E-state index contributed by atoms with van der Waals surface area (Å²) in [6.07, 6.45) is -8.53. The number of amides is 2. The average molecular weight is 895 g/mol. The highest BCUT2D eigenvalue weighted by molar-refractivity contribution is 6.12. The minimum Gasteiger partial charge on any atom is -0.507 e. The fourth-order valence-electron chi connectivity index (χ4n) is 6.30. The Hall–Kier alpha value is -8.17. The summed E-state index contributed by atoms with van der Waals surface area (Å²) in [5, 5.41) is 24.2. The molecule has 0 bridgehead atoms. The number of hydrogen-bond acceptors (Lipinski definition) is 10. The van der Waals surface area contributed by atoms with E-state index in [0.717, 1.165) is 48.8 Å². The molecule has 7 aromatic rings. The number of fused-ring (bicyclic) bond motifs is 2. The predicted octanol–water partition coefficient (Wildman–Crippen LogP) is 7.88. The minimum atomic E-state index is -5.17. The number of hydrogen-bond donors (Lipinski definition) is 4. The van der Waals surface area contributed by atoms with Crippen LogP contribution in [-0.4, -0.2) is 67.0 Å². The van der Waals surface area contributed by atoms with Crippen LogP contribution in [0.15, 0.2) is 91.3 Å². The van der Waals surface area contributed by atoms with Crippen molar-refractivity contribution in [1.29, 1.82) is 0 Å². The Kier molecular flexibility index (Phi) is 11.6. The SMILES string of the molecule is O=C(O)CNC(=O)c1c(OC(=O)CNC(=O)c2c(O)ccc3nc(-c4cc(C(F)(F)F)cc(C(F)(F)F)c4)cnc23)c(-c2cccc(F)c2)cc2nc(-c3ccc(F)c(F)c3)cnc12. The number of alkyl halides is 6. The second-order valence-electron chi connectivity index (χ2n) is 13.5. The van der Waals surface area contributed by atoms with Crippen molar-refractivity contribution in [3.05, 3.63) is 131 Å². The largest absolute Gasteiger partial charge is 0.507 e. The van der Waals surface area contributed by atoms with Gasteiger partial charge in [0.25, 0.3) is 11.8 Å². The molecule has 7 rings (SSSR count). The summed E-state index contributed by atoms with van der Waals surface area (Å²) in [4.78, 5) is 68.8. The topological polar surface area (TPSA) is 194 Å². The maximum absolute atomic E-state index is 14.6. The third kappa shape index (κ3) is 9.19. The van der Waals surface area contributed by atoms with Gasteiger partial charge in [0.1, 0.15) is 46.8 Å². The van der Waals surface area contributed by atoms with Crippen LogP contribution in [0.1, 0.15) is 31.8 Å². The molecule has 0 atom stereocenters. The monoisotopic (exact) mass is 894 g/mol. The number of carbonyl (C=O) groups excluding carboxylic acids is 3. The van der Waals surface area contributed by atoms with Crippen LogP contribution in [0.3, 0.4) is 0 Å². The van der Waals surface area contributed by atoms with Crippen LogP contribution in [0, 0.1) is 17.5 Å². The van der Waals surface area contributed by atoms with Gasteiger partial charge in [-0.05, 0) is 72.3 Å². The fraction of sp³-hybridized carbons (Fsp3) is 0.0952. The van der Waals surface area contributed by atoms with Crippen LogP contribution in [0.4, 0.5) is 39.5 Å². The molecule has 0 unspecified atom stereocenters. The van der Waals surface area contributed by atoms with Crippen molar-refractivity contribution >= 4 is 45.8 Å². The molecule has 0 spiro atoms. The first kappa shape index (κ1) is 43.9. The smallest absolute Gasteiger partial charge is 0.416 e. The summed E-state index contributed by atoms with van der Waals surface area (Å²) in [5.74, 6) is -9.80. The van der Waals surface area contributed by atoms with E-state index in [1.807, 2.05) is 0 Å². The molecule has 4 N–H and O–H groups in total. The minimum absolute atomic E-state index is 0.0283. The Morgan fingerprint density at radius 1 is 0.625 bits per heavy atom. The first-order chi connectivity index (χ1) is 30.2. The molecule has 22 heteroatoms. The Labute approximate surface area is 351 Å². The van der Waals surface area contributed by atoms with Crippen LogP contribution >= 0.6 is 0 Å². The number of ether oxygens (including phenoxy) is 1. The van der Waals surface area contributed by atoms with Crippen molar-refractivity contribution < 1.29 is 73.6 Å². The van der Waals surface area contributed by atoms with Gasteiger partial charge in [0.05, 0.1) is 45.9 Å². The third-order valence-corrected chi connectivity index (χ3v) is 9.18. The van der Waals surface area contributed by atoms with Crippen LogP contribution in [0.2, 0.25) is 0 Å². The van der Waals surface area contributed by atoms with Gasteiger partial charge in [-0.15, -0.1) is 0 Å². The zero-order valence-corrected chi connectivity index (χ0v) is 31.7. The van der Waals surface area contributed by atoms with Crippen LogP contribution in [0.25, 0.3) is 55.7 Å². The summed E-state index contributed by atoms with van der Waals surface area (Å²) in [6.45, 7) is -2.01. The van der Waals surface area contributed by atoms with E-state index >= 15 is 0 Å². The molecule has 0 radical (unpaired) electrons. The number of phenolic OH excluding ortho intramolecular Hbond substituents is 1. The Morgan fingerprint density at radius 2 is 1.23 bits per heavy atom. The van der Waals surface area contributed by atoms with E-state index in [-0.39, 0.29) is 45.0 Å². The molecule has 5 aromatic carbocycles. The fourth-order valence-corrected chi connectivity index (χ4v) is 6.30. The quantitative estimate of drug-likeness (QED) is 0.0593. The first-order valence-electron chi connectivity index (χ1n) is 18.0. The van der Waals surface area contributed by atoms with Gasteiger partial charge in [0.15, 0.2) is 17.4 Å². The Balaban J connectivity index is 1.24. The van der Waals surface area contributed by atoms with E-state index in [0.29, 0.717) is 12.1 Å². The van der Waals surface area contributed by atoms with Crippen molar-refractivity contribution in [2.75, 3.05) is 13.1 Å². The molecule has 0 saturated heterocycles. The number of nitrogens with zero attached hydrogens (tertiary/aromatic N) is 4. The molecule has 326 valence electrons. The highest BCUT2D eigenvalue weighted by Gasteiger charge is 2.37. The van der Waals surface area contributed by atoms with Gasteiger partial charge >= 0.3 is 24.3 Å². The molecule has 0 saturated carbocycles. The zero-order chi connectivity index (χ0) is 46.2. The lowest BCUT2D eigenvalue weighted by Gasteiger charge is -2.18. The van der Waals surface area contributed by atoms with E-state index in [1.165, 1.54) is 24.3 Å². The number of carboxylic acid groups (broad SMARTS) is 1. The predicted molar refractivity (Wildman–Crippen MR) is 205 cm³/mol. The normalized spacial score (nSPS) is 11.7. The molecule has 0 aliphatic rings. The van der Waals surface area contributed by atoms with Crippen molar-refractivity contribution in [2.45, 2.75) is 12.4 Å². The number of phenols is 1. The third-order valence-electron chi connectivity index (χ3n) is 9.18. The highest BCUT2D eigenvalue weighted by Crippen LogP contribution is 2.41. The second-order valence-corrected chi connectivity index (χ2v) is 13.5. The van der Waals surface area contributed by atoms with Gasteiger partial charge in [0, 0.05) is 16.7 Å². The lowest BCUT2D eigenvalue weighted by molar-refractivity contribution is -0.143. The van der Waals surface area contributed by atoms with Crippen molar-refractivity contribution in [1.82, 2.24) is 30.6 Å². The molecule has 64 heavy (non-hydrogen) atoms. The Morgan fingerprint density at radius 3 is 1.86 bits per heavy atom. The molecular formula is C42H23F9N6O7. The molecule has 2 amide bonds. The van der Waals surface area contributed by atoms with E-state index in [9.17, 15) is 68.9 Å². The summed E-state index contributed by atoms with van der Waals surface area (Å²) < 4.78 is 129. The van der Waals surface area contributed by atoms with Crippen LogP contribution in [-0.2, 0) is 21.9 Å². The molecule has 13 nitrogen and oxygen atoms in total. The summed E-state index contributed by atoms with van der Waals surface area (Å²) >= 11 is 0. The van der Waals surface area contributed by atoms with Crippen molar-refractivity contribution in [3.63, 3.8) is 0 Å². The number of carbonyl (C=O) groups is 4. The Bertz CT molecular complexity index is 3040. The standard InChI is InChI=1S/C42H23F9N6O7/c43-23-3-1-2-18(10-23)24-13-28-37(53-14-29(57-28)19-4-5-25(44)26(45)11-19)35(40(63)54-16-32(59)60)38(24)64-33(61)17-55-39(62)34-31(58)7-6-27-36(34)52-15-30(56-27)20-8-21(41(46,47)48)12-22(9-20)42(49,50)51/h1-15,58H,16-17H2,(H,54,63)(H,55,62)(H,59,60). The lowest BCUT2D eigenvalue weighted by Crippen LogP contribution is -2.33. The number of carboxylic acids is 1. The molecule has 2 aromatic heterocycles. The van der Waals surface area contributed by atoms with Crippen LogP contribution in [0.5, 0.6) is 11.5 Å². The second kappa shape index (κ2) is 16.9. The molecule has 0 fully saturated rings. The van der Waals surface area contributed by atoms with Gasteiger partial charge in [-0.2, -0.15) is 26.3 Å². The van der Waals surface area contributed by atoms with Gasteiger partial charge in [-0.3, -0.25) is 24.4 Å². The lowest BCUT2D eigenvalue weighted by atomic mass is 9.98. The van der Waals surface area contributed by atoms with E-state index in [4.69, 9.17) is 4.74 Å². The molecule has 0 aliphatic heterocycles. The molecule has 2 heterocycles. The maximum atomic E-state index is 14.6. The number of aromatic hydroxyl groups is 1. The number of aliphatic carboxylic acids is 1. The zero-order valence-electron chi connectivity index (χ0n) is 31.7. The van der Waals surface area contributed by atoms with E-state index in [1.54, 1.807) is 0 Å². The van der Waals surface area contributed by atoms with Gasteiger partial charge < -0.3 is 25.6 Å². The van der Waals surface area contributed by atoms with Gasteiger partial charge in [-0.25, -0.2) is 27.9 Å². The van der Waals surface area contributed by atoms with Gasteiger partial charge in [-0.1, -0.05) is 12.1 Å². The number of benzene rings is 5. The summed E-state index contributed by atoms with van der Waals surface area (Å²) in [7, 11) is 0. The number of nitrogens with one attached hydrogen (secondary N) is 2. The average Bonchev–Trinajstić information content (AvgIpc) is 3.24. The maximum Gasteiger partial charge on any atom is 0.416 e. The number of esters is 1. The molecule has 0 aliphatic carbocycles. The van der Waals surface area contributed by atoms with Crippen LogP contribution < -0.4 is 15.4 Å². The van der Waals surface area contributed by atoms with Crippen molar-refractivity contribution in [3.8, 4) is 45.1 Å². The number of rotatable bonds is 10. The highest BCUT2D eigenvalue weighted by atomic mass is 19.4. The van der Waals surface area contributed by atoms with Gasteiger partial charge in [0.2, 0.25) is 0 Å². The summed E-state index contributed by atoms with van der Waals surface area (Å²) in [5.41, 5.74) is -6.99. The summed E-state index contributed by atoms with van der Waals surface area (Å²) in [6, 6.07) is 11.4. The first-order valence-corrected chi connectivity index (χ1v) is 18.0. The van der Waals surface area contributed by atoms with Crippen molar-refractivity contribution in [2.24, 2.45) is 0 Å². The number of halogens is 9. The number of aromatic nitrogens is 4.